The fourth-order valence-electron chi connectivity index (χ4n) is 1.81. The topological polar surface area (TPSA) is 43.4 Å². The van der Waals surface area contributed by atoms with E-state index in [9.17, 15) is 9.59 Å². The van der Waals surface area contributed by atoms with Gasteiger partial charge in [0.25, 0.3) is 0 Å². The Morgan fingerprint density at radius 3 is 2.09 bits per heavy atom. The van der Waals surface area contributed by atoms with E-state index in [1.807, 2.05) is 19.1 Å². The van der Waals surface area contributed by atoms with Gasteiger partial charge in [0.05, 0.1) is 5.56 Å². The van der Waals surface area contributed by atoms with Gasteiger partial charge >= 0.3 is 5.97 Å². The standard InChI is InChI=1S/C18H15BrO3/c1-12-3-5-15(6-4-12)18(21)22-13(2)11-17(20)14-7-9-16(19)10-8-14/h3-11H,1-2H3/b13-11+. The highest BCUT2D eigenvalue weighted by molar-refractivity contribution is 9.10. The molecule has 0 aromatic heterocycles. The third kappa shape index (κ3) is 4.40. The van der Waals surface area contributed by atoms with Gasteiger partial charge in [-0.15, -0.1) is 0 Å². The molecule has 0 radical (unpaired) electrons. The van der Waals surface area contributed by atoms with Crippen molar-refractivity contribution in [3.05, 3.63) is 81.5 Å². The highest BCUT2D eigenvalue weighted by atomic mass is 79.9. The SMILES string of the molecule is C/C(=C\C(=O)c1ccc(Br)cc1)OC(=O)c1ccc(C)cc1. The number of carbonyl (C=O) groups is 2. The Hall–Kier alpha value is -2.20. The normalized spacial score (nSPS) is 11.1. The third-order valence-electron chi connectivity index (χ3n) is 3.00. The van der Waals surface area contributed by atoms with Gasteiger partial charge in [-0.3, -0.25) is 4.79 Å². The summed E-state index contributed by atoms with van der Waals surface area (Å²) in [4.78, 5) is 24.0. The fourth-order valence-corrected chi connectivity index (χ4v) is 2.07. The highest BCUT2D eigenvalue weighted by Gasteiger charge is 2.09. The Bertz CT molecular complexity index is 713. The van der Waals surface area contributed by atoms with E-state index in [2.05, 4.69) is 15.9 Å². The molecule has 0 N–H and O–H groups in total. The number of hydrogen-bond acceptors (Lipinski definition) is 3. The van der Waals surface area contributed by atoms with Gasteiger partial charge in [0, 0.05) is 16.1 Å². The maximum Gasteiger partial charge on any atom is 0.343 e. The Balaban J connectivity index is 2.05. The largest absolute Gasteiger partial charge is 0.428 e. The van der Waals surface area contributed by atoms with Crippen LogP contribution in [0.3, 0.4) is 0 Å². The van der Waals surface area contributed by atoms with E-state index in [0.29, 0.717) is 11.1 Å². The molecule has 0 aliphatic heterocycles. The van der Waals surface area contributed by atoms with Gasteiger partial charge in [0.1, 0.15) is 5.76 Å². The van der Waals surface area contributed by atoms with E-state index in [4.69, 9.17) is 4.74 Å². The quantitative estimate of drug-likeness (QED) is 0.344. The Kier molecular flexibility index (Phi) is 5.28. The summed E-state index contributed by atoms with van der Waals surface area (Å²) >= 11 is 3.31. The molecule has 4 heteroatoms. The van der Waals surface area contributed by atoms with Crippen LogP contribution in [-0.4, -0.2) is 11.8 Å². The van der Waals surface area contributed by atoms with Crippen LogP contribution in [0, 0.1) is 6.92 Å². The van der Waals surface area contributed by atoms with Crippen molar-refractivity contribution in [1.29, 1.82) is 0 Å². The smallest absolute Gasteiger partial charge is 0.343 e. The lowest BCUT2D eigenvalue weighted by molar-refractivity contribution is 0.0625. The summed E-state index contributed by atoms with van der Waals surface area (Å²) in [6, 6.07) is 14.0. The van der Waals surface area contributed by atoms with Crippen LogP contribution in [-0.2, 0) is 4.74 Å². The van der Waals surface area contributed by atoms with Gasteiger partial charge in [-0.1, -0.05) is 33.6 Å². The molecular formula is C18H15BrO3. The van der Waals surface area contributed by atoms with E-state index in [0.717, 1.165) is 10.0 Å². The van der Waals surface area contributed by atoms with Crippen molar-refractivity contribution < 1.29 is 14.3 Å². The van der Waals surface area contributed by atoms with Gasteiger partial charge < -0.3 is 4.74 Å². The van der Waals surface area contributed by atoms with Crippen LogP contribution < -0.4 is 0 Å². The summed E-state index contributed by atoms with van der Waals surface area (Å²) in [5.74, 6) is -0.419. The number of ketones is 1. The number of esters is 1. The Morgan fingerprint density at radius 2 is 1.50 bits per heavy atom. The number of carbonyl (C=O) groups excluding carboxylic acids is 2. The van der Waals surface area contributed by atoms with Gasteiger partial charge in [0.2, 0.25) is 0 Å². The minimum Gasteiger partial charge on any atom is -0.428 e. The van der Waals surface area contributed by atoms with Gasteiger partial charge in [-0.25, -0.2) is 4.79 Å². The molecule has 3 nitrogen and oxygen atoms in total. The molecule has 0 aliphatic carbocycles. The molecule has 22 heavy (non-hydrogen) atoms. The number of aryl methyl sites for hydroxylation is 1. The minimum atomic E-state index is -0.475. The first-order valence-electron chi connectivity index (χ1n) is 6.73. The lowest BCUT2D eigenvalue weighted by Crippen LogP contribution is -2.05. The van der Waals surface area contributed by atoms with Crippen LogP contribution in [0.2, 0.25) is 0 Å². The molecule has 2 aromatic rings. The molecule has 0 atom stereocenters. The van der Waals surface area contributed by atoms with Crippen molar-refractivity contribution in [3.63, 3.8) is 0 Å². The maximum absolute atomic E-state index is 12.0. The number of allylic oxidation sites excluding steroid dienone is 2. The zero-order valence-electron chi connectivity index (χ0n) is 12.3. The lowest BCUT2D eigenvalue weighted by atomic mass is 10.1. The third-order valence-corrected chi connectivity index (χ3v) is 3.53. The average molecular weight is 359 g/mol. The molecule has 112 valence electrons. The number of rotatable bonds is 4. The maximum atomic E-state index is 12.0. The van der Waals surface area contributed by atoms with Gasteiger partial charge in [0.15, 0.2) is 5.78 Å². The molecule has 0 unspecified atom stereocenters. The van der Waals surface area contributed by atoms with E-state index in [1.165, 1.54) is 6.08 Å². The molecule has 0 spiro atoms. The summed E-state index contributed by atoms with van der Waals surface area (Å²) < 4.78 is 6.08. The molecule has 0 aliphatic rings. The van der Waals surface area contributed by atoms with E-state index in [-0.39, 0.29) is 11.5 Å². The Morgan fingerprint density at radius 1 is 0.955 bits per heavy atom. The second-order valence-electron chi connectivity index (χ2n) is 4.88. The predicted octanol–water partition coefficient (Wildman–Crippen LogP) is 4.70. The fraction of sp³-hybridized carbons (Fsp3) is 0.111. The van der Waals surface area contributed by atoms with E-state index >= 15 is 0 Å². The first-order chi connectivity index (χ1) is 10.5. The van der Waals surface area contributed by atoms with Crippen molar-refractivity contribution in [2.24, 2.45) is 0 Å². The molecule has 0 bridgehead atoms. The van der Waals surface area contributed by atoms with E-state index in [1.54, 1.807) is 43.3 Å². The Labute approximate surface area is 137 Å². The first kappa shape index (κ1) is 16.2. The van der Waals surface area contributed by atoms with Crippen molar-refractivity contribution >= 4 is 27.7 Å². The van der Waals surface area contributed by atoms with Gasteiger partial charge in [-0.05, 0) is 50.2 Å². The summed E-state index contributed by atoms with van der Waals surface area (Å²) in [6.45, 7) is 3.53. The summed E-state index contributed by atoms with van der Waals surface area (Å²) in [6.07, 6.45) is 1.31. The van der Waals surface area contributed by atoms with Crippen LogP contribution in [0.5, 0.6) is 0 Å². The molecule has 0 saturated carbocycles. The molecule has 2 rings (SSSR count). The first-order valence-corrected chi connectivity index (χ1v) is 7.52. The van der Waals surface area contributed by atoms with Crippen LogP contribution in [0.4, 0.5) is 0 Å². The van der Waals surface area contributed by atoms with Crippen molar-refractivity contribution in [2.75, 3.05) is 0 Å². The van der Waals surface area contributed by atoms with E-state index < -0.39 is 5.97 Å². The number of benzene rings is 2. The van der Waals surface area contributed by atoms with Crippen molar-refractivity contribution in [3.8, 4) is 0 Å². The molecule has 0 fully saturated rings. The summed E-state index contributed by atoms with van der Waals surface area (Å²) in [7, 11) is 0. The minimum absolute atomic E-state index is 0.207. The highest BCUT2D eigenvalue weighted by Crippen LogP contribution is 2.13. The number of ether oxygens (including phenoxy) is 1. The molecule has 0 heterocycles. The molecule has 0 saturated heterocycles. The predicted molar refractivity (Wildman–Crippen MR) is 88.8 cm³/mol. The van der Waals surface area contributed by atoms with Crippen molar-refractivity contribution in [1.82, 2.24) is 0 Å². The van der Waals surface area contributed by atoms with Crippen LogP contribution in [0.1, 0.15) is 33.2 Å². The second-order valence-corrected chi connectivity index (χ2v) is 5.80. The second kappa shape index (κ2) is 7.18. The van der Waals surface area contributed by atoms with Crippen LogP contribution in [0.15, 0.2) is 64.8 Å². The monoisotopic (exact) mass is 358 g/mol. The summed E-state index contributed by atoms with van der Waals surface area (Å²) in [5, 5.41) is 0. The lowest BCUT2D eigenvalue weighted by Gasteiger charge is -2.05. The zero-order valence-corrected chi connectivity index (χ0v) is 13.9. The molecular weight excluding hydrogens is 344 g/mol. The number of hydrogen-bond donors (Lipinski definition) is 0. The molecule has 2 aromatic carbocycles. The van der Waals surface area contributed by atoms with Crippen molar-refractivity contribution in [2.45, 2.75) is 13.8 Å². The zero-order chi connectivity index (χ0) is 16.1. The summed E-state index contributed by atoms with van der Waals surface area (Å²) in [5.41, 5.74) is 2.05. The number of halogens is 1. The molecule has 0 amide bonds. The van der Waals surface area contributed by atoms with Gasteiger partial charge in [-0.2, -0.15) is 0 Å². The average Bonchev–Trinajstić information content (AvgIpc) is 2.48. The van der Waals surface area contributed by atoms with Crippen LogP contribution >= 0.6 is 15.9 Å². The van der Waals surface area contributed by atoms with Crippen LogP contribution in [0.25, 0.3) is 0 Å².